The molecule has 1 aromatic carbocycles. The molecule has 0 bridgehead atoms. The second-order valence-corrected chi connectivity index (χ2v) is 8.14. The molecule has 2 aliphatic rings. The van der Waals surface area contributed by atoms with Crippen LogP contribution in [0.3, 0.4) is 0 Å². The predicted molar refractivity (Wildman–Crippen MR) is 102 cm³/mol. The molecule has 26 heavy (non-hydrogen) atoms. The van der Waals surface area contributed by atoms with Crippen molar-refractivity contribution in [3.63, 3.8) is 0 Å². The van der Waals surface area contributed by atoms with Crippen molar-refractivity contribution in [3.8, 4) is 11.3 Å². The third kappa shape index (κ3) is 3.72. The van der Waals surface area contributed by atoms with Gasteiger partial charge in [-0.1, -0.05) is 23.7 Å². The van der Waals surface area contributed by atoms with Crippen molar-refractivity contribution in [2.75, 3.05) is 13.2 Å². The van der Waals surface area contributed by atoms with E-state index in [1.165, 1.54) is 0 Å². The second-order valence-electron chi connectivity index (χ2n) is 7.70. The first kappa shape index (κ1) is 17.7. The minimum Gasteiger partial charge on any atom is -0.381 e. The molecular weight excluding hydrogens is 348 g/mol. The van der Waals surface area contributed by atoms with E-state index in [1.54, 1.807) is 0 Å². The zero-order valence-corrected chi connectivity index (χ0v) is 15.9. The van der Waals surface area contributed by atoms with Crippen molar-refractivity contribution in [2.45, 2.75) is 45.1 Å². The molecule has 2 fully saturated rings. The monoisotopic (exact) mass is 372 g/mol. The van der Waals surface area contributed by atoms with Crippen LogP contribution in [-0.4, -0.2) is 28.8 Å². The van der Waals surface area contributed by atoms with E-state index in [9.17, 15) is 4.79 Å². The molecule has 1 saturated heterocycles. The number of nitrogens with zero attached hydrogens (tertiary/aromatic N) is 2. The SMILES string of the molecule is Cc1cc(-c2ccc(Cl)cc2)nn1C1CC(CC2CCOCC2)CC1=O. The van der Waals surface area contributed by atoms with E-state index in [0.717, 1.165) is 55.8 Å². The minimum atomic E-state index is -0.110. The Bertz CT molecular complexity index is 778. The van der Waals surface area contributed by atoms with Crippen LogP contribution in [0.2, 0.25) is 5.02 Å². The summed E-state index contributed by atoms with van der Waals surface area (Å²) < 4.78 is 7.40. The highest BCUT2D eigenvalue weighted by Crippen LogP contribution is 2.38. The molecule has 1 aliphatic heterocycles. The van der Waals surface area contributed by atoms with Gasteiger partial charge in [-0.2, -0.15) is 5.10 Å². The van der Waals surface area contributed by atoms with Crippen molar-refractivity contribution in [1.82, 2.24) is 9.78 Å². The lowest BCUT2D eigenvalue weighted by Crippen LogP contribution is -2.18. The van der Waals surface area contributed by atoms with Crippen LogP contribution in [0.5, 0.6) is 0 Å². The van der Waals surface area contributed by atoms with Crippen LogP contribution >= 0.6 is 11.6 Å². The fourth-order valence-corrected chi connectivity index (χ4v) is 4.51. The Labute approximate surface area is 159 Å². The van der Waals surface area contributed by atoms with E-state index in [-0.39, 0.29) is 6.04 Å². The highest BCUT2D eigenvalue weighted by Gasteiger charge is 2.36. The summed E-state index contributed by atoms with van der Waals surface area (Å²) in [6.07, 6.45) is 5.03. The summed E-state index contributed by atoms with van der Waals surface area (Å²) in [6.45, 7) is 3.78. The summed E-state index contributed by atoms with van der Waals surface area (Å²) in [6, 6.07) is 9.63. The maximum Gasteiger partial charge on any atom is 0.157 e. The molecule has 1 aromatic heterocycles. The van der Waals surface area contributed by atoms with Gasteiger partial charge in [0.1, 0.15) is 6.04 Å². The molecule has 1 aliphatic carbocycles. The molecule has 2 unspecified atom stereocenters. The number of carbonyl (C=O) groups excluding carboxylic acids is 1. The van der Waals surface area contributed by atoms with Gasteiger partial charge in [-0.05, 0) is 62.6 Å². The lowest BCUT2D eigenvalue weighted by molar-refractivity contribution is -0.120. The number of ketones is 1. The number of hydrogen-bond donors (Lipinski definition) is 0. The normalized spacial score (nSPS) is 24.3. The summed E-state index contributed by atoms with van der Waals surface area (Å²) in [4.78, 5) is 12.7. The first-order valence-electron chi connectivity index (χ1n) is 9.52. The number of rotatable bonds is 4. The van der Waals surface area contributed by atoms with Gasteiger partial charge < -0.3 is 4.74 Å². The number of ether oxygens (including phenoxy) is 1. The summed E-state index contributed by atoms with van der Waals surface area (Å²) in [5.74, 6) is 1.53. The van der Waals surface area contributed by atoms with E-state index in [0.29, 0.717) is 29.1 Å². The summed E-state index contributed by atoms with van der Waals surface area (Å²) >= 11 is 5.98. The Morgan fingerprint density at radius 2 is 1.92 bits per heavy atom. The molecule has 0 spiro atoms. The van der Waals surface area contributed by atoms with E-state index in [4.69, 9.17) is 21.4 Å². The number of hydrogen-bond acceptors (Lipinski definition) is 3. The maximum atomic E-state index is 12.7. The van der Waals surface area contributed by atoms with Crippen molar-refractivity contribution >= 4 is 17.4 Å². The topological polar surface area (TPSA) is 44.1 Å². The third-order valence-electron chi connectivity index (χ3n) is 5.78. The van der Waals surface area contributed by atoms with Crippen LogP contribution in [0, 0.1) is 18.8 Å². The molecular formula is C21H25ClN2O2. The molecule has 1 saturated carbocycles. The fraction of sp³-hybridized carbons (Fsp3) is 0.524. The van der Waals surface area contributed by atoms with Gasteiger partial charge >= 0.3 is 0 Å². The molecule has 2 atom stereocenters. The zero-order valence-electron chi connectivity index (χ0n) is 15.2. The average molecular weight is 373 g/mol. The Morgan fingerprint density at radius 1 is 1.19 bits per heavy atom. The van der Waals surface area contributed by atoms with Gasteiger partial charge in [0.15, 0.2) is 5.78 Å². The molecule has 4 rings (SSSR count). The van der Waals surface area contributed by atoms with Crippen LogP contribution in [0.1, 0.15) is 43.8 Å². The zero-order chi connectivity index (χ0) is 18.1. The summed E-state index contributed by atoms with van der Waals surface area (Å²) in [5.41, 5.74) is 2.97. The molecule has 5 heteroatoms. The van der Waals surface area contributed by atoms with E-state index >= 15 is 0 Å². The Hall–Kier alpha value is -1.65. The third-order valence-corrected chi connectivity index (χ3v) is 6.04. The van der Waals surface area contributed by atoms with Crippen LogP contribution in [-0.2, 0) is 9.53 Å². The van der Waals surface area contributed by atoms with Gasteiger partial charge in [-0.15, -0.1) is 0 Å². The number of Topliss-reactive ketones (excluding diaryl/α,β-unsaturated/α-hetero) is 1. The van der Waals surface area contributed by atoms with Gasteiger partial charge in [0.25, 0.3) is 0 Å². The van der Waals surface area contributed by atoms with Crippen LogP contribution < -0.4 is 0 Å². The number of halogens is 1. The Kier molecular flexibility index (Phi) is 5.14. The van der Waals surface area contributed by atoms with Crippen molar-refractivity contribution in [1.29, 1.82) is 0 Å². The highest BCUT2D eigenvalue weighted by molar-refractivity contribution is 6.30. The van der Waals surface area contributed by atoms with Gasteiger partial charge in [0, 0.05) is 35.9 Å². The van der Waals surface area contributed by atoms with Gasteiger partial charge in [0.2, 0.25) is 0 Å². The van der Waals surface area contributed by atoms with Crippen molar-refractivity contribution in [3.05, 3.63) is 41.0 Å². The van der Waals surface area contributed by atoms with Gasteiger partial charge in [-0.25, -0.2) is 0 Å². The van der Waals surface area contributed by atoms with Crippen LogP contribution in [0.25, 0.3) is 11.3 Å². The predicted octanol–water partition coefficient (Wildman–Crippen LogP) is 4.85. The number of benzene rings is 1. The Balaban J connectivity index is 1.48. The quantitative estimate of drug-likeness (QED) is 0.770. The molecule has 4 nitrogen and oxygen atoms in total. The molecule has 0 N–H and O–H groups in total. The lowest BCUT2D eigenvalue weighted by Gasteiger charge is -2.24. The molecule has 138 valence electrons. The van der Waals surface area contributed by atoms with E-state index in [1.807, 2.05) is 35.9 Å². The first-order chi connectivity index (χ1) is 12.6. The van der Waals surface area contributed by atoms with Crippen molar-refractivity contribution < 1.29 is 9.53 Å². The van der Waals surface area contributed by atoms with Gasteiger partial charge in [0.05, 0.1) is 5.69 Å². The fourth-order valence-electron chi connectivity index (χ4n) is 4.39. The first-order valence-corrected chi connectivity index (χ1v) is 9.90. The Morgan fingerprint density at radius 3 is 2.65 bits per heavy atom. The molecule has 2 heterocycles. The number of carbonyl (C=O) groups is 1. The van der Waals surface area contributed by atoms with E-state index in [2.05, 4.69) is 6.07 Å². The second kappa shape index (κ2) is 7.53. The summed E-state index contributed by atoms with van der Waals surface area (Å²) in [7, 11) is 0. The van der Waals surface area contributed by atoms with Gasteiger partial charge in [-0.3, -0.25) is 9.48 Å². The van der Waals surface area contributed by atoms with Crippen LogP contribution in [0.4, 0.5) is 0 Å². The smallest absolute Gasteiger partial charge is 0.157 e. The molecule has 0 amide bonds. The molecule has 0 radical (unpaired) electrons. The standard InChI is InChI=1S/C21H25ClN2O2/c1-14-10-19(17-2-4-18(22)5-3-17)23-24(14)20-12-16(13-21(20)25)11-15-6-8-26-9-7-15/h2-5,10,15-16,20H,6-9,11-13H2,1H3. The lowest BCUT2D eigenvalue weighted by atomic mass is 9.88. The van der Waals surface area contributed by atoms with Crippen molar-refractivity contribution in [2.24, 2.45) is 11.8 Å². The largest absolute Gasteiger partial charge is 0.381 e. The highest BCUT2D eigenvalue weighted by atomic mass is 35.5. The number of aromatic nitrogens is 2. The number of aryl methyl sites for hydroxylation is 1. The molecule has 2 aromatic rings. The van der Waals surface area contributed by atoms with Crippen LogP contribution in [0.15, 0.2) is 30.3 Å². The average Bonchev–Trinajstić information content (AvgIpc) is 3.19. The summed E-state index contributed by atoms with van der Waals surface area (Å²) in [5, 5.41) is 5.47. The minimum absolute atomic E-state index is 0.110. The maximum absolute atomic E-state index is 12.7. The van der Waals surface area contributed by atoms with E-state index < -0.39 is 0 Å².